The van der Waals surface area contributed by atoms with E-state index in [0.29, 0.717) is 10.6 Å². The maximum absolute atomic E-state index is 11.3. The lowest BCUT2D eigenvalue weighted by atomic mass is 10.1. The fourth-order valence-electron chi connectivity index (χ4n) is 1.10. The standard InChI is InChI=1S/C9H11NO4S/c1-13-6(11)3-5-4-15-8(10)7(5)9(12)14-2/h4H,3,10H2,1-2H3. The van der Waals surface area contributed by atoms with E-state index in [9.17, 15) is 9.59 Å². The lowest BCUT2D eigenvalue weighted by molar-refractivity contribution is -0.139. The van der Waals surface area contributed by atoms with E-state index < -0.39 is 11.9 Å². The molecule has 0 bridgehead atoms. The molecule has 0 unspecified atom stereocenters. The van der Waals surface area contributed by atoms with E-state index in [4.69, 9.17) is 5.73 Å². The Morgan fingerprint density at radius 3 is 2.60 bits per heavy atom. The molecule has 1 aromatic rings. The number of ether oxygens (including phenoxy) is 2. The first-order valence-corrected chi connectivity index (χ1v) is 4.99. The van der Waals surface area contributed by atoms with Crippen molar-refractivity contribution in [1.29, 1.82) is 0 Å². The van der Waals surface area contributed by atoms with Gasteiger partial charge < -0.3 is 15.2 Å². The van der Waals surface area contributed by atoms with E-state index in [0.717, 1.165) is 0 Å². The van der Waals surface area contributed by atoms with Crippen LogP contribution in [0.4, 0.5) is 5.00 Å². The van der Waals surface area contributed by atoms with Gasteiger partial charge in [0, 0.05) is 0 Å². The molecule has 0 saturated heterocycles. The Balaban J connectivity index is 2.98. The van der Waals surface area contributed by atoms with Gasteiger partial charge in [0.1, 0.15) is 5.00 Å². The lowest BCUT2D eigenvalue weighted by Crippen LogP contribution is -2.10. The van der Waals surface area contributed by atoms with Crippen molar-refractivity contribution in [2.24, 2.45) is 0 Å². The highest BCUT2D eigenvalue weighted by atomic mass is 32.1. The molecule has 0 spiro atoms. The normalized spacial score (nSPS) is 9.73. The molecule has 0 amide bonds. The number of nitrogens with two attached hydrogens (primary N) is 1. The fourth-order valence-corrected chi connectivity index (χ4v) is 1.90. The van der Waals surface area contributed by atoms with E-state index in [1.54, 1.807) is 5.38 Å². The first kappa shape index (κ1) is 11.5. The first-order valence-electron chi connectivity index (χ1n) is 4.11. The van der Waals surface area contributed by atoms with Crippen molar-refractivity contribution in [2.75, 3.05) is 20.0 Å². The number of thiophene rings is 1. The molecule has 1 aromatic heterocycles. The molecule has 1 rings (SSSR count). The Morgan fingerprint density at radius 2 is 2.07 bits per heavy atom. The lowest BCUT2D eigenvalue weighted by Gasteiger charge is -2.02. The van der Waals surface area contributed by atoms with Crippen molar-refractivity contribution >= 4 is 28.3 Å². The van der Waals surface area contributed by atoms with Crippen LogP contribution >= 0.6 is 11.3 Å². The Bertz CT molecular complexity index is 385. The third-order valence-corrected chi connectivity index (χ3v) is 2.71. The maximum Gasteiger partial charge on any atom is 0.341 e. The number of hydrogen-bond donors (Lipinski definition) is 1. The molecule has 0 aromatic carbocycles. The topological polar surface area (TPSA) is 78.6 Å². The molecule has 6 heteroatoms. The number of methoxy groups -OCH3 is 2. The number of nitrogen functional groups attached to an aromatic ring is 1. The molecule has 0 aliphatic rings. The van der Waals surface area contributed by atoms with E-state index in [2.05, 4.69) is 9.47 Å². The molecule has 15 heavy (non-hydrogen) atoms. The summed E-state index contributed by atoms with van der Waals surface area (Å²) in [6, 6.07) is 0. The highest BCUT2D eigenvalue weighted by Crippen LogP contribution is 2.26. The van der Waals surface area contributed by atoms with E-state index in [1.165, 1.54) is 25.6 Å². The zero-order valence-corrected chi connectivity index (χ0v) is 9.22. The van der Waals surface area contributed by atoms with Crippen LogP contribution in [0.3, 0.4) is 0 Å². The molecule has 2 N–H and O–H groups in total. The maximum atomic E-state index is 11.3. The van der Waals surface area contributed by atoms with Crippen LogP contribution in [0.15, 0.2) is 5.38 Å². The Labute approximate surface area is 90.8 Å². The van der Waals surface area contributed by atoms with Gasteiger partial charge in [-0.15, -0.1) is 11.3 Å². The first-order chi connectivity index (χ1) is 7.10. The van der Waals surface area contributed by atoms with Crippen LogP contribution < -0.4 is 5.73 Å². The average molecular weight is 229 g/mol. The van der Waals surface area contributed by atoms with Crippen molar-refractivity contribution in [2.45, 2.75) is 6.42 Å². The summed E-state index contributed by atoms with van der Waals surface area (Å²) < 4.78 is 9.07. The third kappa shape index (κ3) is 2.47. The summed E-state index contributed by atoms with van der Waals surface area (Å²) in [6.45, 7) is 0. The second kappa shape index (κ2) is 4.79. The summed E-state index contributed by atoms with van der Waals surface area (Å²) >= 11 is 1.20. The predicted octanol–water partition coefficient (Wildman–Crippen LogP) is 0.832. The summed E-state index contributed by atoms with van der Waals surface area (Å²) in [6.07, 6.45) is 0.0225. The molecular weight excluding hydrogens is 218 g/mol. The van der Waals surface area contributed by atoms with Gasteiger partial charge in [-0.25, -0.2) is 4.79 Å². The van der Waals surface area contributed by atoms with Crippen LogP contribution in [-0.2, 0) is 20.7 Å². The van der Waals surface area contributed by atoms with Crippen LogP contribution in [0.1, 0.15) is 15.9 Å². The predicted molar refractivity (Wildman–Crippen MR) is 55.8 cm³/mol. The zero-order valence-electron chi connectivity index (χ0n) is 8.40. The quantitative estimate of drug-likeness (QED) is 0.777. The highest BCUT2D eigenvalue weighted by Gasteiger charge is 2.19. The second-order valence-corrected chi connectivity index (χ2v) is 3.66. The number of hydrogen-bond acceptors (Lipinski definition) is 6. The smallest absolute Gasteiger partial charge is 0.341 e. The molecule has 1 heterocycles. The van der Waals surface area contributed by atoms with Gasteiger partial charge in [0.2, 0.25) is 0 Å². The number of carbonyl (C=O) groups excluding carboxylic acids is 2. The number of carbonyl (C=O) groups is 2. The van der Waals surface area contributed by atoms with Crippen LogP contribution in [0.2, 0.25) is 0 Å². The van der Waals surface area contributed by atoms with Gasteiger partial charge in [0.05, 0.1) is 26.2 Å². The molecule has 0 saturated carbocycles. The molecule has 0 fully saturated rings. The van der Waals surface area contributed by atoms with E-state index in [-0.39, 0.29) is 12.0 Å². The average Bonchev–Trinajstić information content (AvgIpc) is 2.58. The second-order valence-electron chi connectivity index (χ2n) is 2.74. The summed E-state index contributed by atoms with van der Waals surface area (Å²) in [7, 11) is 2.55. The fraction of sp³-hybridized carbons (Fsp3) is 0.333. The van der Waals surface area contributed by atoms with Gasteiger partial charge in [-0.3, -0.25) is 4.79 Å². The Kier molecular flexibility index (Phi) is 3.68. The van der Waals surface area contributed by atoms with Gasteiger partial charge in [0.15, 0.2) is 0 Å². The summed E-state index contributed by atoms with van der Waals surface area (Å²) in [5.74, 6) is -0.953. The summed E-state index contributed by atoms with van der Waals surface area (Å²) in [4.78, 5) is 22.4. The van der Waals surface area contributed by atoms with Crippen molar-refractivity contribution in [3.05, 3.63) is 16.5 Å². The molecule has 82 valence electrons. The van der Waals surface area contributed by atoms with Crippen molar-refractivity contribution in [1.82, 2.24) is 0 Å². The van der Waals surface area contributed by atoms with Gasteiger partial charge in [-0.05, 0) is 10.9 Å². The Hall–Kier alpha value is -1.56. The van der Waals surface area contributed by atoms with Crippen LogP contribution in [0.25, 0.3) is 0 Å². The van der Waals surface area contributed by atoms with Gasteiger partial charge in [0.25, 0.3) is 0 Å². The van der Waals surface area contributed by atoms with Gasteiger partial charge in [-0.2, -0.15) is 0 Å². The minimum Gasteiger partial charge on any atom is -0.469 e. The number of anilines is 1. The van der Waals surface area contributed by atoms with Crippen molar-refractivity contribution in [3.8, 4) is 0 Å². The summed E-state index contributed by atoms with van der Waals surface area (Å²) in [5.41, 5.74) is 6.40. The SMILES string of the molecule is COC(=O)Cc1csc(N)c1C(=O)OC. The molecule has 0 radical (unpaired) electrons. The molecule has 0 atom stereocenters. The largest absolute Gasteiger partial charge is 0.469 e. The van der Waals surface area contributed by atoms with Crippen molar-refractivity contribution < 1.29 is 19.1 Å². The summed E-state index contributed by atoms with van der Waals surface area (Å²) in [5, 5.41) is 2.00. The van der Waals surface area contributed by atoms with Crippen molar-refractivity contribution in [3.63, 3.8) is 0 Å². The minimum absolute atomic E-state index is 0.0225. The van der Waals surface area contributed by atoms with Crippen LogP contribution in [0.5, 0.6) is 0 Å². The molecule has 0 aliphatic carbocycles. The molecule has 5 nitrogen and oxygen atoms in total. The van der Waals surface area contributed by atoms with Crippen LogP contribution in [-0.4, -0.2) is 26.2 Å². The van der Waals surface area contributed by atoms with E-state index >= 15 is 0 Å². The minimum atomic E-state index is -0.535. The molecular formula is C9H11NO4S. The molecule has 0 aliphatic heterocycles. The Morgan fingerprint density at radius 1 is 1.40 bits per heavy atom. The third-order valence-electron chi connectivity index (χ3n) is 1.85. The van der Waals surface area contributed by atoms with Gasteiger partial charge in [-0.1, -0.05) is 0 Å². The number of rotatable bonds is 3. The monoisotopic (exact) mass is 229 g/mol. The number of esters is 2. The van der Waals surface area contributed by atoms with Crippen LogP contribution in [0, 0.1) is 0 Å². The highest BCUT2D eigenvalue weighted by molar-refractivity contribution is 7.14. The van der Waals surface area contributed by atoms with E-state index in [1.807, 2.05) is 0 Å². The zero-order chi connectivity index (χ0) is 11.4. The van der Waals surface area contributed by atoms with Gasteiger partial charge >= 0.3 is 11.9 Å².